The lowest BCUT2D eigenvalue weighted by Gasteiger charge is -2.11. The Kier molecular flexibility index (Phi) is 5.84. The van der Waals surface area contributed by atoms with Crippen molar-refractivity contribution >= 4 is 17.9 Å². The molecule has 0 saturated heterocycles. The van der Waals surface area contributed by atoms with Crippen LogP contribution in [-0.2, 0) is 18.3 Å². The summed E-state index contributed by atoms with van der Waals surface area (Å²) in [7, 11) is 1.87. The van der Waals surface area contributed by atoms with Gasteiger partial charge in [-0.05, 0) is 30.3 Å². The summed E-state index contributed by atoms with van der Waals surface area (Å²) in [6, 6.07) is 12.5. The smallest absolute Gasteiger partial charge is 0.267 e. The van der Waals surface area contributed by atoms with Gasteiger partial charge in [0.1, 0.15) is 5.70 Å². The number of benzene rings is 1. The van der Waals surface area contributed by atoms with Crippen molar-refractivity contribution in [3.8, 4) is 0 Å². The largest absolute Gasteiger partial charge is 0.351 e. The van der Waals surface area contributed by atoms with Crippen LogP contribution in [0.1, 0.15) is 21.7 Å². The maximum Gasteiger partial charge on any atom is 0.267 e. The molecule has 2 heterocycles. The molecule has 2 aromatic heterocycles. The van der Waals surface area contributed by atoms with E-state index in [0.29, 0.717) is 18.5 Å². The molecule has 0 aliphatic heterocycles. The maximum atomic E-state index is 12.6. The van der Waals surface area contributed by atoms with Crippen LogP contribution in [0.5, 0.6) is 0 Å². The van der Waals surface area contributed by atoms with E-state index in [1.807, 2.05) is 36.0 Å². The zero-order valence-electron chi connectivity index (χ0n) is 15.0. The Bertz CT molecular complexity index is 926. The Morgan fingerprint density at radius 3 is 2.67 bits per heavy atom. The number of aromatic nitrogens is 3. The lowest BCUT2D eigenvalue weighted by atomic mass is 10.2. The molecule has 0 atom stereocenters. The minimum Gasteiger partial charge on any atom is -0.351 e. The Labute approximate surface area is 157 Å². The van der Waals surface area contributed by atoms with E-state index in [1.165, 1.54) is 0 Å². The average molecular weight is 363 g/mol. The van der Waals surface area contributed by atoms with E-state index >= 15 is 0 Å². The summed E-state index contributed by atoms with van der Waals surface area (Å²) in [4.78, 5) is 32.1. The number of hydrogen-bond donors (Lipinski definition) is 3. The number of hydrogen-bond acceptors (Lipinski definition) is 3. The molecule has 7 heteroatoms. The van der Waals surface area contributed by atoms with Gasteiger partial charge in [-0.3, -0.25) is 9.59 Å². The molecular formula is C20H21N5O2. The summed E-state index contributed by atoms with van der Waals surface area (Å²) in [5, 5.41) is 5.55. The second kappa shape index (κ2) is 8.66. The first-order chi connectivity index (χ1) is 13.1. The summed E-state index contributed by atoms with van der Waals surface area (Å²) in [5.41, 5.74) is 2.41. The molecule has 0 saturated carbocycles. The van der Waals surface area contributed by atoms with Crippen LogP contribution in [0.25, 0.3) is 6.08 Å². The van der Waals surface area contributed by atoms with Gasteiger partial charge in [0.25, 0.3) is 11.8 Å². The van der Waals surface area contributed by atoms with Crippen molar-refractivity contribution in [3.05, 3.63) is 83.8 Å². The number of aryl methyl sites for hydroxylation is 1. The number of rotatable bonds is 7. The lowest BCUT2D eigenvalue weighted by molar-refractivity contribution is -0.117. The quantitative estimate of drug-likeness (QED) is 0.560. The number of imidazole rings is 1. The molecule has 2 amide bonds. The number of carbonyl (C=O) groups excluding carboxylic acids is 2. The van der Waals surface area contributed by atoms with Gasteiger partial charge in [0.05, 0.1) is 6.33 Å². The second-order valence-electron chi connectivity index (χ2n) is 6.00. The molecule has 3 aromatic rings. The van der Waals surface area contributed by atoms with Crippen molar-refractivity contribution in [2.24, 2.45) is 7.05 Å². The number of nitrogens with zero attached hydrogens (tertiary/aromatic N) is 2. The predicted octanol–water partition coefficient (Wildman–Crippen LogP) is 1.88. The van der Waals surface area contributed by atoms with Crippen LogP contribution in [0, 0.1) is 0 Å². The van der Waals surface area contributed by atoms with Gasteiger partial charge in [0, 0.05) is 49.4 Å². The van der Waals surface area contributed by atoms with Gasteiger partial charge in [-0.2, -0.15) is 0 Å². The molecule has 0 aliphatic carbocycles. The molecule has 3 rings (SSSR count). The first-order valence-corrected chi connectivity index (χ1v) is 8.58. The molecule has 27 heavy (non-hydrogen) atoms. The van der Waals surface area contributed by atoms with Gasteiger partial charge < -0.3 is 20.2 Å². The van der Waals surface area contributed by atoms with E-state index in [-0.39, 0.29) is 17.5 Å². The van der Waals surface area contributed by atoms with E-state index in [9.17, 15) is 9.59 Å². The molecule has 138 valence electrons. The Balaban J connectivity index is 1.73. The highest BCUT2D eigenvalue weighted by atomic mass is 16.2. The van der Waals surface area contributed by atoms with Crippen LogP contribution >= 0.6 is 0 Å². The van der Waals surface area contributed by atoms with Gasteiger partial charge in [-0.15, -0.1) is 0 Å². The first-order valence-electron chi connectivity index (χ1n) is 8.58. The van der Waals surface area contributed by atoms with Crippen LogP contribution in [-0.4, -0.2) is 32.9 Å². The Morgan fingerprint density at radius 2 is 2.00 bits per heavy atom. The van der Waals surface area contributed by atoms with Crippen LogP contribution < -0.4 is 10.6 Å². The number of nitrogens with one attached hydrogen (secondary N) is 3. The standard InChI is InChI=1S/C20H21N5O2/c1-25-11-5-8-17(25)12-18(24-19(26)15-6-3-2-4-7-15)20(27)22-10-9-16-13-21-14-23-16/h2-8,11-14H,9-10H2,1H3,(H,21,23)(H,22,27)(H,24,26). The van der Waals surface area contributed by atoms with Crippen molar-refractivity contribution in [1.29, 1.82) is 0 Å². The lowest BCUT2D eigenvalue weighted by Crippen LogP contribution is -2.35. The normalized spacial score (nSPS) is 11.2. The Morgan fingerprint density at radius 1 is 1.19 bits per heavy atom. The fourth-order valence-corrected chi connectivity index (χ4v) is 2.54. The molecule has 7 nitrogen and oxygen atoms in total. The van der Waals surface area contributed by atoms with E-state index in [1.54, 1.807) is 42.9 Å². The predicted molar refractivity (Wildman–Crippen MR) is 103 cm³/mol. The molecule has 0 unspecified atom stereocenters. The SMILES string of the molecule is Cn1cccc1C=C(NC(=O)c1ccccc1)C(=O)NCCc1cnc[nH]1. The molecule has 0 radical (unpaired) electrons. The molecule has 0 spiro atoms. The molecular weight excluding hydrogens is 342 g/mol. The zero-order chi connectivity index (χ0) is 19.1. The van der Waals surface area contributed by atoms with Crippen molar-refractivity contribution in [2.75, 3.05) is 6.54 Å². The first kappa shape index (κ1) is 18.2. The summed E-state index contributed by atoms with van der Waals surface area (Å²) in [6.45, 7) is 0.423. The van der Waals surface area contributed by atoms with Gasteiger partial charge in [-0.25, -0.2) is 4.98 Å². The van der Waals surface area contributed by atoms with E-state index in [2.05, 4.69) is 20.6 Å². The van der Waals surface area contributed by atoms with E-state index in [0.717, 1.165) is 11.4 Å². The third-order valence-electron chi connectivity index (χ3n) is 4.04. The Hall–Kier alpha value is -3.61. The molecule has 0 bridgehead atoms. The fourth-order valence-electron chi connectivity index (χ4n) is 2.54. The monoisotopic (exact) mass is 363 g/mol. The molecule has 3 N–H and O–H groups in total. The highest BCUT2D eigenvalue weighted by Crippen LogP contribution is 2.08. The minimum atomic E-state index is -0.347. The summed E-state index contributed by atoms with van der Waals surface area (Å²) in [5.74, 6) is -0.681. The summed E-state index contributed by atoms with van der Waals surface area (Å²) >= 11 is 0. The third kappa shape index (κ3) is 4.94. The van der Waals surface area contributed by atoms with E-state index < -0.39 is 0 Å². The molecule has 1 aromatic carbocycles. The fraction of sp³-hybridized carbons (Fsp3) is 0.150. The second-order valence-corrected chi connectivity index (χ2v) is 6.00. The topological polar surface area (TPSA) is 91.8 Å². The maximum absolute atomic E-state index is 12.6. The van der Waals surface area contributed by atoms with Gasteiger partial charge in [0.15, 0.2) is 0 Å². The highest BCUT2D eigenvalue weighted by Gasteiger charge is 2.15. The van der Waals surface area contributed by atoms with Gasteiger partial charge in [0.2, 0.25) is 0 Å². The summed E-state index contributed by atoms with van der Waals surface area (Å²) < 4.78 is 1.87. The van der Waals surface area contributed by atoms with Crippen molar-refractivity contribution in [2.45, 2.75) is 6.42 Å². The molecule has 0 aliphatic rings. The van der Waals surface area contributed by atoms with Crippen LogP contribution in [0.3, 0.4) is 0 Å². The van der Waals surface area contributed by atoms with Gasteiger partial charge >= 0.3 is 0 Å². The van der Waals surface area contributed by atoms with Crippen LogP contribution in [0.15, 0.2) is 66.9 Å². The number of H-pyrrole nitrogens is 1. The van der Waals surface area contributed by atoms with Crippen LogP contribution in [0.4, 0.5) is 0 Å². The number of amides is 2. The van der Waals surface area contributed by atoms with Crippen molar-refractivity contribution in [1.82, 2.24) is 25.2 Å². The van der Waals surface area contributed by atoms with Gasteiger partial charge in [-0.1, -0.05) is 18.2 Å². The number of carbonyl (C=O) groups is 2. The summed E-state index contributed by atoms with van der Waals surface area (Å²) in [6.07, 6.45) is 7.46. The zero-order valence-corrected chi connectivity index (χ0v) is 15.0. The van der Waals surface area contributed by atoms with Crippen molar-refractivity contribution in [3.63, 3.8) is 0 Å². The third-order valence-corrected chi connectivity index (χ3v) is 4.04. The molecule has 0 fully saturated rings. The van der Waals surface area contributed by atoms with Crippen LogP contribution in [0.2, 0.25) is 0 Å². The number of aromatic amines is 1. The average Bonchev–Trinajstić information content (AvgIpc) is 3.34. The van der Waals surface area contributed by atoms with Crippen molar-refractivity contribution < 1.29 is 9.59 Å². The minimum absolute atomic E-state index is 0.190. The van der Waals surface area contributed by atoms with E-state index in [4.69, 9.17) is 0 Å². The highest BCUT2D eigenvalue weighted by molar-refractivity contribution is 6.05.